The molecule has 0 saturated heterocycles. The lowest BCUT2D eigenvalue weighted by molar-refractivity contribution is 0.475. The van der Waals surface area contributed by atoms with Crippen LogP contribution in [-0.4, -0.2) is 17.5 Å². The standard InChI is InChI=1S/C18H13BrN2O/c19-15-8-5-13(6-9-15)11-20-21-12-17-16-4-2-1-3-14(16)7-10-18(17)22/h1-12,22H/b20-11+,21-12+. The van der Waals surface area contributed by atoms with Gasteiger partial charge in [0.05, 0.1) is 12.4 Å². The van der Waals surface area contributed by atoms with E-state index in [4.69, 9.17) is 0 Å². The molecule has 0 atom stereocenters. The summed E-state index contributed by atoms with van der Waals surface area (Å²) < 4.78 is 1.02. The highest BCUT2D eigenvalue weighted by atomic mass is 79.9. The minimum Gasteiger partial charge on any atom is -0.507 e. The molecular weight excluding hydrogens is 340 g/mol. The zero-order chi connectivity index (χ0) is 15.4. The Morgan fingerprint density at radius 3 is 2.36 bits per heavy atom. The minimum absolute atomic E-state index is 0.196. The van der Waals surface area contributed by atoms with E-state index in [1.165, 1.54) is 0 Å². The van der Waals surface area contributed by atoms with Crippen LogP contribution in [0.1, 0.15) is 11.1 Å². The Bertz CT molecular complexity index is 855. The molecule has 4 heteroatoms. The lowest BCUT2D eigenvalue weighted by Gasteiger charge is -2.03. The van der Waals surface area contributed by atoms with E-state index in [1.807, 2.05) is 54.6 Å². The van der Waals surface area contributed by atoms with Gasteiger partial charge in [0.15, 0.2) is 0 Å². The Morgan fingerprint density at radius 1 is 0.818 bits per heavy atom. The lowest BCUT2D eigenvalue weighted by Crippen LogP contribution is -1.86. The normalized spacial score (nSPS) is 11.7. The van der Waals surface area contributed by atoms with E-state index < -0.39 is 0 Å². The molecule has 0 aliphatic rings. The molecule has 0 bridgehead atoms. The lowest BCUT2D eigenvalue weighted by atomic mass is 10.0. The first-order valence-corrected chi connectivity index (χ1v) is 7.56. The third-order valence-corrected chi connectivity index (χ3v) is 3.81. The van der Waals surface area contributed by atoms with Gasteiger partial charge in [-0.3, -0.25) is 0 Å². The van der Waals surface area contributed by atoms with Gasteiger partial charge in [-0.2, -0.15) is 10.2 Å². The molecule has 0 aromatic heterocycles. The fourth-order valence-electron chi connectivity index (χ4n) is 2.16. The van der Waals surface area contributed by atoms with E-state index >= 15 is 0 Å². The summed E-state index contributed by atoms with van der Waals surface area (Å²) in [6.07, 6.45) is 3.25. The summed E-state index contributed by atoms with van der Waals surface area (Å²) in [6, 6.07) is 19.2. The van der Waals surface area contributed by atoms with E-state index in [1.54, 1.807) is 18.5 Å². The van der Waals surface area contributed by atoms with Gasteiger partial charge in [0.2, 0.25) is 0 Å². The molecule has 0 heterocycles. The smallest absolute Gasteiger partial charge is 0.125 e. The molecule has 0 saturated carbocycles. The highest BCUT2D eigenvalue weighted by Gasteiger charge is 2.03. The summed E-state index contributed by atoms with van der Waals surface area (Å²) in [5.41, 5.74) is 1.63. The molecule has 108 valence electrons. The third-order valence-electron chi connectivity index (χ3n) is 3.28. The first-order valence-electron chi connectivity index (χ1n) is 6.77. The van der Waals surface area contributed by atoms with Crippen molar-refractivity contribution in [1.29, 1.82) is 0 Å². The van der Waals surface area contributed by atoms with Crippen molar-refractivity contribution in [3.05, 3.63) is 76.3 Å². The molecule has 0 radical (unpaired) electrons. The zero-order valence-electron chi connectivity index (χ0n) is 11.6. The van der Waals surface area contributed by atoms with Crippen LogP contribution in [0.25, 0.3) is 10.8 Å². The number of halogens is 1. The second kappa shape index (κ2) is 6.54. The molecule has 0 spiro atoms. The quantitative estimate of drug-likeness (QED) is 0.535. The first kappa shape index (κ1) is 14.5. The van der Waals surface area contributed by atoms with Gasteiger partial charge in [-0.05, 0) is 34.5 Å². The number of nitrogens with zero attached hydrogens (tertiary/aromatic N) is 2. The topological polar surface area (TPSA) is 45.0 Å². The second-order valence-electron chi connectivity index (χ2n) is 4.76. The van der Waals surface area contributed by atoms with Crippen molar-refractivity contribution in [2.45, 2.75) is 0 Å². The van der Waals surface area contributed by atoms with Crippen LogP contribution in [0.15, 0.2) is 75.3 Å². The highest BCUT2D eigenvalue weighted by Crippen LogP contribution is 2.25. The maximum atomic E-state index is 10.0. The van der Waals surface area contributed by atoms with Crippen molar-refractivity contribution in [2.75, 3.05) is 0 Å². The number of hydrogen-bond donors (Lipinski definition) is 1. The Hall–Kier alpha value is -2.46. The molecule has 0 fully saturated rings. The summed E-state index contributed by atoms with van der Waals surface area (Å²) in [5.74, 6) is 0.196. The number of aromatic hydroxyl groups is 1. The molecule has 3 aromatic carbocycles. The number of phenolic OH excluding ortho intramolecular Hbond substituents is 1. The van der Waals surface area contributed by atoms with E-state index in [-0.39, 0.29) is 5.75 Å². The molecule has 0 amide bonds. The summed E-state index contributed by atoms with van der Waals surface area (Å²) in [4.78, 5) is 0. The van der Waals surface area contributed by atoms with Crippen molar-refractivity contribution in [1.82, 2.24) is 0 Å². The van der Waals surface area contributed by atoms with Crippen molar-refractivity contribution in [2.24, 2.45) is 10.2 Å². The molecule has 3 nitrogen and oxygen atoms in total. The van der Waals surface area contributed by atoms with Gasteiger partial charge in [0, 0.05) is 10.0 Å². The Kier molecular flexibility index (Phi) is 4.30. The molecule has 0 aliphatic carbocycles. The molecule has 3 aromatic rings. The van der Waals surface area contributed by atoms with Crippen molar-refractivity contribution < 1.29 is 5.11 Å². The molecule has 0 unspecified atom stereocenters. The number of benzene rings is 3. The van der Waals surface area contributed by atoms with Crippen LogP contribution in [0.5, 0.6) is 5.75 Å². The van der Waals surface area contributed by atoms with Gasteiger partial charge in [-0.15, -0.1) is 0 Å². The summed E-state index contributed by atoms with van der Waals surface area (Å²) in [6.45, 7) is 0. The van der Waals surface area contributed by atoms with Gasteiger partial charge in [0.25, 0.3) is 0 Å². The van der Waals surface area contributed by atoms with Gasteiger partial charge >= 0.3 is 0 Å². The van der Waals surface area contributed by atoms with Gasteiger partial charge in [0.1, 0.15) is 5.75 Å². The van der Waals surface area contributed by atoms with E-state index in [0.29, 0.717) is 5.56 Å². The average Bonchev–Trinajstić information content (AvgIpc) is 2.55. The largest absolute Gasteiger partial charge is 0.507 e. The van der Waals surface area contributed by atoms with E-state index in [0.717, 1.165) is 20.8 Å². The van der Waals surface area contributed by atoms with Crippen LogP contribution in [0.3, 0.4) is 0 Å². The van der Waals surface area contributed by atoms with Crippen molar-refractivity contribution in [3.63, 3.8) is 0 Å². The average molecular weight is 353 g/mol. The number of phenols is 1. The fourth-order valence-corrected chi connectivity index (χ4v) is 2.42. The SMILES string of the molecule is Oc1ccc2ccccc2c1/C=N/N=C/c1ccc(Br)cc1. The third kappa shape index (κ3) is 3.23. The van der Waals surface area contributed by atoms with Crippen LogP contribution >= 0.6 is 15.9 Å². The maximum Gasteiger partial charge on any atom is 0.125 e. The highest BCUT2D eigenvalue weighted by molar-refractivity contribution is 9.10. The van der Waals surface area contributed by atoms with Gasteiger partial charge in [-0.1, -0.05) is 58.4 Å². The maximum absolute atomic E-state index is 10.0. The van der Waals surface area contributed by atoms with Crippen molar-refractivity contribution in [3.8, 4) is 5.75 Å². The molecule has 22 heavy (non-hydrogen) atoms. The number of rotatable bonds is 3. The Morgan fingerprint density at radius 2 is 1.55 bits per heavy atom. The van der Waals surface area contributed by atoms with Crippen LogP contribution < -0.4 is 0 Å². The molecule has 0 aliphatic heterocycles. The second-order valence-corrected chi connectivity index (χ2v) is 5.68. The van der Waals surface area contributed by atoms with Crippen LogP contribution in [-0.2, 0) is 0 Å². The predicted molar refractivity (Wildman–Crippen MR) is 94.9 cm³/mol. The predicted octanol–water partition coefficient (Wildman–Crippen LogP) is 4.76. The number of hydrogen-bond acceptors (Lipinski definition) is 3. The summed E-state index contributed by atoms with van der Waals surface area (Å²) >= 11 is 3.39. The van der Waals surface area contributed by atoms with Crippen LogP contribution in [0.2, 0.25) is 0 Å². The van der Waals surface area contributed by atoms with E-state index in [2.05, 4.69) is 26.1 Å². The molecular formula is C18H13BrN2O. The van der Waals surface area contributed by atoms with Gasteiger partial charge in [-0.25, -0.2) is 0 Å². The Labute approximate surface area is 136 Å². The molecule has 1 N–H and O–H groups in total. The zero-order valence-corrected chi connectivity index (χ0v) is 13.2. The monoisotopic (exact) mass is 352 g/mol. The van der Waals surface area contributed by atoms with Crippen LogP contribution in [0.4, 0.5) is 0 Å². The molecule has 3 rings (SSSR count). The Balaban J connectivity index is 1.86. The van der Waals surface area contributed by atoms with Crippen molar-refractivity contribution >= 4 is 39.1 Å². The number of fused-ring (bicyclic) bond motifs is 1. The van der Waals surface area contributed by atoms with E-state index in [9.17, 15) is 5.11 Å². The first-order chi connectivity index (χ1) is 10.7. The summed E-state index contributed by atoms with van der Waals surface area (Å²) in [5, 5.41) is 20.1. The minimum atomic E-state index is 0.196. The summed E-state index contributed by atoms with van der Waals surface area (Å²) in [7, 11) is 0. The van der Waals surface area contributed by atoms with Gasteiger partial charge < -0.3 is 5.11 Å². The van der Waals surface area contributed by atoms with Crippen LogP contribution in [0, 0.1) is 0 Å². The fraction of sp³-hybridized carbons (Fsp3) is 0.